The summed E-state index contributed by atoms with van der Waals surface area (Å²) in [6, 6.07) is 19.7. The Balaban J connectivity index is 0.835. The Morgan fingerprint density at radius 2 is 1.74 bits per heavy atom. The lowest BCUT2D eigenvalue weighted by molar-refractivity contribution is -0.384. The van der Waals surface area contributed by atoms with Gasteiger partial charge in [-0.05, 0) is 124 Å². The molecule has 0 radical (unpaired) electrons. The number of hydrogen-bond donors (Lipinski definition) is 5. The molecule has 1 atom stereocenters. The minimum Gasteiger partial charge on any atom is -0.455 e. The summed E-state index contributed by atoms with van der Waals surface area (Å²) >= 11 is 0. The summed E-state index contributed by atoms with van der Waals surface area (Å²) in [5.74, 6) is 0.334. The van der Waals surface area contributed by atoms with E-state index < -0.39 is 37.0 Å². The topological polar surface area (TPSA) is 208 Å². The fourth-order valence-corrected chi connectivity index (χ4v) is 11.7. The molecule has 3 aromatic heterocycles. The molecule has 3 saturated carbocycles. The predicted molar refractivity (Wildman–Crippen MR) is 247 cm³/mol. The van der Waals surface area contributed by atoms with Crippen LogP contribution in [-0.4, -0.2) is 95.1 Å². The molecule has 1 amide bonds. The smallest absolute Gasteiger partial charge is 0.312 e. The van der Waals surface area contributed by atoms with Gasteiger partial charge in [0.1, 0.15) is 22.0 Å². The minimum atomic E-state index is -4.63. The highest BCUT2D eigenvalue weighted by Crippen LogP contribution is 2.54. The summed E-state index contributed by atoms with van der Waals surface area (Å²) in [7, 11) is -4.63. The van der Waals surface area contributed by atoms with E-state index in [9.17, 15) is 28.4 Å². The normalized spacial score (nSPS) is 23.8. The molecule has 5 N–H and O–H groups in total. The number of anilines is 2. The maximum absolute atomic E-state index is 14.0. The van der Waals surface area contributed by atoms with E-state index in [0.29, 0.717) is 48.8 Å². The average molecular weight is 904 g/mol. The van der Waals surface area contributed by atoms with Gasteiger partial charge in [-0.3, -0.25) is 19.8 Å². The van der Waals surface area contributed by atoms with Crippen molar-refractivity contribution in [2.24, 2.45) is 11.3 Å². The molecular weight excluding hydrogens is 847 g/mol. The fraction of sp³-hybridized carbons (Fsp3) is 0.479. The van der Waals surface area contributed by atoms with Crippen LogP contribution >= 0.6 is 0 Å². The van der Waals surface area contributed by atoms with Crippen LogP contribution in [0.1, 0.15) is 105 Å². The molecule has 16 nitrogen and oxygen atoms in total. The van der Waals surface area contributed by atoms with E-state index in [1.165, 1.54) is 43.0 Å². The SMILES string of the molecule is CC1(O)CCC(CNc2ncc(S(=O)(=O)NC(=O)c3ccc(N4CCC5(CC4)CC(N4CCNC[C@H]4c4ccccc4C4CC4)C5)cc3Oc3cnc4[nH]ccc4c3)cc2[N+](=O)[O-])CC1. The van der Waals surface area contributed by atoms with Crippen LogP contribution in [0.25, 0.3) is 11.0 Å². The van der Waals surface area contributed by atoms with Crippen molar-refractivity contribution < 1.29 is 28.0 Å². The number of ether oxygens (including phenoxy) is 1. The van der Waals surface area contributed by atoms with Crippen LogP contribution in [0.2, 0.25) is 0 Å². The van der Waals surface area contributed by atoms with E-state index in [-0.39, 0.29) is 28.5 Å². The summed E-state index contributed by atoms with van der Waals surface area (Å²) < 4.78 is 35.9. The van der Waals surface area contributed by atoms with E-state index >= 15 is 0 Å². The first kappa shape index (κ1) is 43.3. The number of aromatic amines is 1. The van der Waals surface area contributed by atoms with Crippen molar-refractivity contribution in [3.05, 3.63) is 106 Å². The molecule has 10 rings (SSSR count). The number of nitrogens with zero attached hydrogens (tertiary/aromatic N) is 5. The summed E-state index contributed by atoms with van der Waals surface area (Å²) in [6.45, 7) is 6.90. The molecule has 2 saturated heterocycles. The second-order valence-electron chi connectivity index (χ2n) is 19.3. The van der Waals surface area contributed by atoms with E-state index in [1.807, 2.05) is 12.1 Å². The van der Waals surface area contributed by atoms with Crippen molar-refractivity contribution >= 4 is 44.2 Å². The number of nitro groups is 1. The Kier molecular flexibility index (Phi) is 11.5. The molecule has 5 heterocycles. The van der Waals surface area contributed by atoms with Gasteiger partial charge in [0.15, 0.2) is 0 Å². The lowest BCUT2D eigenvalue weighted by atomic mass is 9.59. The van der Waals surface area contributed by atoms with E-state index in [0.717, 1.165) is 81.7 Å². The molecule has 3 aliphatic carbocycles. The Morgan fingerprint density at radius 3 is 2.49 bits per heavy atom. The molecule has 0 unspecified atom stereocenters. The van der Waals surface area contributed by atoms with Crippen molar-refractivity contribution in [3.63, 3.8) is 0 Å². The van der Waals surface area contributed by atoms with Crippen LogP contribution in [0.5, 0.6) is 11.5 Å². The van der Waals surface area contributed by atoms with Crippen molar-refractivity contribution in [1.29, 1.82) is 0 Å². The standard InChI is InChI=1S/C48H57N9O7S/c1-47(59)13-10-31(11-14-47)27-51-45-41(57(60)61)24-37(29-53-45)65(62,63)54-46(58)40-9-8-34(23-43(40)64-36-22-33-12-17-50-44(33)52-28-36)55-19-15-48(16-20-55)25-35(26-48)56-21-18-49-30-42(56)39-5-3-2-4-38(39)32-6-7-32/h2-5,8-9,12,17,22-24,28-29,31-32,35,42,49,59H,6-7,10-11,13-16,18-21,25-27,30H2,1H3,(H,50,52)(H,51,53)(H,54,58)/t31?,42-,47?/m0/s1. The maximum Gasteiger partial charge on any atom is 0.312 e. The Labute approximate surface area is 378 Å². The number of piperazine rings is 1. The summed E-state index contributed by atoms with van der Waals surface area (Å²) in [5.41, 5.74) is 3.54. The third-order valence-electron chi connectivity index (χ3n) is 14.8. The van der Waals surface area contributed by atoms with Gasteiger partial charge >= 0.3 is 5.69 Å². The van der Waals surface area contributed by atoms with Crippen LogP contribution in [-0.2, 0) is 10.0 Å². The summed E-state index contributed by atoms with van der Waals surface area (Å²) in [5, 5.41) is 29.9. The molecule has 17 heteroatoms. The quantitative estimate of drug-likeness (QED) is 0.0577. The van der Waals surface area contributed by atoms with Gasteiger partial charge in [-0.25, -0.2) is 23.1 Å². The molecule has 5 fully saturated rings. The lowest BCUT2D eigenvalue weighted by Gasteiger charge is -2.57. The van der Waals surface area contributed by atoms with Crippen LogP contribution < -0.4 is 25.0 Å². The summed E-state index contributed by atoms with van der Waals surface area (Å²) in [6.07, 6.45) is 14.1. The predicted octanol–water partition coefficient (Wildman–Crippen LogP) is 7.40. The van der Waals surface area contributed by atoms with Gasteiger partial charge in [0.05, 0.1) is 28.5 Å². The number of amides is 1. The fourth-order valence-electron chi connectivity index (χ4n) is 10.8. The number of sulfonamides is 1. The van der Waals surface area contributed by atoms with E-state index in [1.54, 1.807) is 31.3 Å². The minimum absolute atomic E-state index is 0.0390. The first-order valence-corrected chi connectivity index (χ1v) is 24.5. The number of piperidine rings is 1. The number of H-pyrrole nitrogens is 1. The number of pyridine rings is 2. The zero-order valence-electron chi connectivity index (χ0n) is 36.7. The van der Waals surface area contributed by atoms with E-state index in [4.69, 9.17) is 4.74 Å². The molecule has 65 heavy (non-hydrogen) atoms. The van der Waals surface area contributed by atoms with Gasteiger partial charge in [-0.2, -0.15) is 0 Å². The van der Waals surface area contributed by atoms with Crippen molar-refractivity contribution in [1.82, 2.24) is 29.9 Å². The van der Waals surface area contributed by atoms with Gasteiger partial charge in [0.2, 0.25) is 5.82 Å². The first-order chi connectivity index (χ1) is 31.3. The number of rotatable bonds is 13. The Bertz CT molecular complexity index is 2700. The van der Waals surface area contributed by atoms with E-state index in [2.05, 4.69) is 64.4 Å². The average Bonchev–Trinajstić information content (AvgIpc) is 4.04. The number of aliphatic hydroxyl groups is 1. The van der Waals surface area contributed by atoms with Crippen LogP contribution in [0.3, 0.4) is 0 Å². The molecule has 1 spiro atoms. The monoisotopic (exact) mass is 903 g/mol. The number of fused-ring (bicyclic) bond motifs is 1. The Hall–Kier alpha value is -5.62. The Morgan fingerprint density at radius 1 is 0.969 bits per heavy atom. The third-order valence-corrected chi connectivity index (χ3v) is 16.1. The van der Waals surface area contributed by atoms with Crippen LogP contribution in [0, 0.1) is 21.4 Å². The largest absolute Gasteiger partial charge is 0.455 e. The molecule has 342 valence electrons. The number of aromatic nitrogens is 3. The highest BCUT2D eigenvalue weighted by molar-refractivity contribution is 7.90. The zero-order chi connectivity index (χ0) is 44.9. The highest BCUT2D eigenvalue weighted by atomic mass is 32.2. The number of carbonyl (C=O) groups is 1. The number of hydrogen-bond acceptors (Lipinski definition) is 13. The second kappa shape index (κ2) is 17.3. The lowest BCUT2D eigenvalue weighted by Crippen LogP contribution is -2.59. The zero-order valence-corrected chi connectivity index (χ0v) is 37.5. The van der Waals surface area contributed by atoms with Gasteiger partial charge in [-0.15, -0.1) is 0 Å². The highest BCUT2D eigenvalue weighted by Gasteiger charge is 2.50. The third kappa shape index (κ3) is 9.15. The van der Waals surface area contributed by atoms with Crippen LogP contribution in [0.4, 0.5) is 17.2 Å². The van der Waals surface area contributed by atoms with Gasteiger partial charge in [0.25, 0.3) is 15.9 Å². The maximum atomic E-state index is 14.0. The van der Waals surface area contributed by atoms with Crippen LogP contribution in [0.15, 0.2) is 84.1 Å². The van der Waals surface area contributed by atoms with Crippen molar-refractivity contribution in [2.45, 2.75) is 99.6 Å². The van der Waals surface area contributed by atoms with Crippen molar-refractivity contribution in [3.8, 4) is 11.5 Å². The van der Waals surface area contributed by atoms with Gasteiger partial charge in [0, 0.05) is 80.8 Å². The molecule has 5 aliphatic rings. The van der Waals surface area contributed by atoms with Gasteiger partial charge < -0.3 is 30.4 Å². The van der Waals surface area contributed by atoms with Gasteiger partial charge in [-0.1, -0.05) is 24.3 Å². The molecule has 0 bridgehead atoms. The molecule has 2 aliphatic heterocycles. The van der Waals surface area contributed by atoms with Crippen molar-refractivity contribution in [2.75, 3.05) is 49.5 Å². The molecule has 5 aromatic rings. The molecular formula is C48H57N9O7S. The number of carbonyl (C=O) groups excluding carboxylic acids is 1. The second-order valence-corrected chi connectivity index (χ2v) is 21.0. The first-order valence-electron chi connectivity index (χ1n) is 23.1. The number of nitrogens with one attached hydrogen (secondary N) is 4. The molecule has 2 aromatic carbocycles. The number of benzene rings is 2. The summed E-state index contributed by atoms with van der Waals surface area (Å²) in [4.78, 5) is 41.6.